The van der Waals surface area contributed by atoms with Crippen molar-refractivity contribution in [3.63, 3.8) is 0 Å². The molecule has 3 aromatic rings. The molecule has 2 aromatic carbocycles. The summed E-state index contributed by atoms with van der Waals surface area (Å²) in [6.07, 6.45) is 1.96. The van der Waals surface area contributed by atoms with Gasteiger partial charge in [-0.3, -0.25) is 14.6 Å². The number of esters is 1. The second-order valence-electron chi connectivity index (χ2n) is 10.5. The van der Waals surface area contributed by atoms with Crippen LogP contribution < -0.4 is 5.32 Å². The molecule has 9 heteroatoms. The summed E-state index contributed by atoms with van der Waals surface area (Å²) in [5.41, 5.74) is 3.94. The Balaban J connectivity index is 1.36. The van der Waals surface area contributed by atoms with Crippen LogP contribution in [-0.2, 0) is 20.7 Å². The van der Waals surface area contributed by atoms with Crippen molar-refractivity contribution >= 4 is 16.9 Å². The molecule has 3 aliphatic rings. The standard InChI is InChI=1S/C29H34F2N4O3/c1-37-29(36)27-17-21-20-4-2-3-5-24(20)33-28(21)26-16-19(32-8-9-34-10-12-38-13-11-34)15-25(35(26)27)18-6-7-22(30)23(31)14-18/h2-7,14,19,25-27,32-33H,8-13,15-17H2,1H3/t19-,25-,26+,27-/m0/s1. The van der Waals surface area contributed by atoms with E-state index in [1.807, 2.05) is 12.1 Å². The minimum atomic E-state index is -0.876. The highest BCUT2D eigenvalue weighted by Crippen LogP contribution is 2.49. The van der Waals surface area contributed by atoms with Gasteiger partial charge in [-0.15, -0.1) is 0 Å². The van der Waals surface area contributed by atoms with Gasteiger partial charge in [0.2, 0.25) is 0 Å². The van der Waals surface area contributed by atoms with Crippen LogP contribution in [0.2, 0.25) is 0 Å². The lowest BCUT2D eigenvalue weighted by atomic mass is 9.79. The molecule has 0 unspecified atom stereocenters. The van der Waals surface area contributed by atoms with E-state index in [1.165, 1.54) is 19.2 Å². The lowest BCUT2D eigenvalue weighted by molar-refractivity contribution is -0.152. The van der Waals surface area contributed by atoms with Gasteiger partial charge in [-0.25, -0.2) is 8.78 Å². The number of methoxy groups -OCH3 is 1. The second kappa shape index (κ2) is 10.7. The van der Waals surface area contributed by atoms with Crippen LogP contribution in [0.25, 0.3) is 10.9 Å². The van der Waals surface area contributed by atoms with Crippen molar-refractivity contribution < 1.29 is 23.0 Å². The Labute approximate surface area is 221 Å². The predicted octanol–water partition coefficient (Wildman–Crippen LogP) is 3.71. The van der Waals surface area contributed by atoms with Crippen LogP contribution in [0.3, 0.4) is 0 Å². The largest absolute Gasteiger partial charge is 0.468 e. The maximum atomic E-state index is 14.4. The molecule has 2 fully saturated rings. The monoisotopic (exact) mass is 524 g/mol. The summed E-state index contributed by atoms with van der Waals surface area (Å²) in [4.78, 5) is 21.4. The zero-order valence-electron chi connectivity index (χ0n) is 21.6. The van der Waals surface area contributed by atoms with E-state index in [-0.39, 0.29) is 24.1 Å². The topological polar surface area (TPSA) is 69.8 Å². The first-order valence-electron chi connectivity index (χ1n) is 13.5. The Morgan fingerprint density at radius 1 is 1.11 bits per heavy atom. The van der Waals surface area contributed by atoms with E-state index in [0.29, 0.717) is 18.4 Å². The summed E-state index contributed by atoms with van der Waals surface area (Å²) < 4.78 is 39.1. The third kappa shape index (κ3) is 4.73. The van der Waals surface area contributed by atoms with Gasteiger partial charge in [-0.05, 0) is 42.2 Å². The van der Waals surface area contributed by atoms with Crippen molar-refractivity contribution in [1.29, 1.82) is 0 Å². The van der Waals surface area contributed by atoms with E-state index in [9.17, 15) is 13.6 Å². The number of hydrogen-bond acceptors (Lipinski definition) is 6. The van der Waals surface area contributed by atoms with Crippen LogP contribution in [0.4, 0.5) is 8.78 Å². The molecule has 1 aromatic heterocycles. The fourth-order valence-corrected chi connectivity index (χ4v) is 6.61. The van der Waals surface area contributed by atoms with E-state index in [1.54, 1.807) is 6.07 Å². The minimum Gasteiger partial charge on any atom is -0.468 e. The highest BCUT2D eigenvalue weighted by atomic mass is 19.2. The van der Waals surface area contributed by atoms with Gasteiger partial charge in [0.1, 0.15) is 6.04 Å². The van der Waals surface area contributed by atoms with Gasteiger partial charge in [0, 0.05) is 61.3 Å². The fourth-order valence-electron chi connectivity index (χ4n) is 6.61. The Morgan fingerprint density at radius 2 is 1.89 bits per heavy atom. The van der Waals surface area contributed by atoms with E-state index >= 15 is 0 Å². The number of nitrogens with zero attached hydrogens (tertiary/aromatic N) is 2. The maximum absolute atomic E-state index is 14.4. The van der Waals surface area contributed by atoms with E-state index < -0.39 is 17.7 Å². The molecular weight excluding hydrogens is 490 g/mol. The SMILES string of the molecule is COC(=O)[C@@H]1Cc2c([nH]c3ccccc23)[C@H]2C[C@@H](NCCN3CCOCC3)C[C@@H](c3ccc(F)c(F)c3)N21. The number of rotatable bonds is 6. The quantitative estimate of drug-likeness (QED) is 0.480. The van der Waals surface area contributed by atoms with Gasteiger partial charge < -0.3 is 19.8 Å². The summed E-state index contributed by atoms with van der Waals surface area (Å²) >= 11 is 0. The average Bonchev–Trinajstić information content (AvgIpc) is 3.33. The zero-order valence-corrected chi connectivity index (χ0v) is 21.6. The first kappa shape index (κ1) is 25.4. The van der Waals surface area contributed by atoms with E-state index in [2.05, 4.69) is 32.2 Å². The summed E-state index contributed by atoms with van der Waals surface area (Å²) in [7, 11) is 1.41. The number of para-hydroxylation sites is 1. The highest BCUT2D eigenvalue weighted by Gasteiger charge is 2.48. The molecule has 0 amide bonds. The van der Waals surface area contributed by atoms with Crippen LogP contribution in [0, 0.1) is 11.6 Å². The van der Waals surface area contributed by atoms with Crippen LogP contribution in [0.5, 0.6) is 0 Å². The number of aromatic nitrogens is 1. The van der Waals surface area contributed by atoms with Gasteiger partial charge in [0.15, 0.2) is 11.6 Å². The van der Waals surface area contributed by atoms with Crippen LogP contribution in [0.1, 0.15) is 41.7 Å². The number of halogens is 2. The van der Waals surface area contributed by atoms with Crippen LogP contribution in [0.15, 0.2) is 42.5 Å². The number of ether oxygens (including phenoxy) is 2. The van der Waals surface area contributed by atoms with Gasteiger partial charge in [0.25, 0.3) is 0 Å². The summed E-state index contributed by atoms with van der Waals surface area (Å²) in [5, 5.41) is 4.86. The van der Waals surface area contributed by atoms with Gasteiger partial charge in [-0.2, -0.15) is 0 Å². The molecule has 6 rings (SSSR count). The number of carbonyl (C=O) groups excluding carboxylic acids is 1. The van der Waals surface area contributed by atoms with Gasteiger partial charge >= 0.3 is 5.97 Å². The normalized spacial score (nSPS) is 26.2. The van der Waals surface area contributed by atoms with Crippen molar-refractivity contribution in [1.82, 2.24) is 20.1 Å². The molecule has 3 aliphatic heterocycles. The molecule has 0 spiro atoms. The number of hydrogen-bond donors (Lipinski definition) is 2. The number of benzene rings is 2. The molecule has 38 heavy (non-hydrogen) atoms. The van der Waals surface area contributed by atoms with Crippen molar-refractivity contribution in [2.45, 2.75) is 43.4 Å². The Bertz CT molecular complexity index is 1310. The predicted molar refractivity (Wildman–Crippen MR) is 140 cm³/mol. The molecule has 2 saturated heterocycles. The number of aromatic amines is 1. The van der Waals surface area contributed by atoms with E-state index in [4.69, 9.17) is 9.47 Å². The van der Waals surface area contributed by atoms with Crippen molar-refractivity contribution in [3.8, 4) is 0 Å². The summed E-state index contributed by atoms with van der Waals surface area (Å²) in [5.74, 6) is -2.06. The molecule has 202 valence electrons. The average molecular weight is 525 g/mol. The molecule has 4 heterocycles. The molecule has 0 saturated carbocycles. The van der Waals surface area contributed by atoms with E-state index in [0.717, 1.165) is 68.0 Å². The smallest absolute Gasteiger partial charge is 0.323 e. The maximum Gasteiger partial charge on any atom is 0.323 e. The van der Waals surface area contributed by atoms with Gasteiger partial charge in [0.05, 0.1) is 26.4 Å². The third-order valence-electron chi connectivity index (χ3n) is 8.44. The molecule has 0 aliphatic carbocycles. The fraction of sp³-hybridized carbons (Fsp3) is 0.483. The first-order valence-corrected chi connectivity index (χ1v) is 13.5. The molecule has 7 nitrogen and oxygen atoms in total. The number of fused-ring (bicyclic) bond motifs is 5. The van der Waals surface area contributed by atoms with Crippen LogP contribution >= 0.6 is 0 Å². The number of nitrogens with one attached hydrogen (secondary N) is 2. The molecule has 0 radical (unpaired) electrons. The lowest BCUT2D eigenvalue weighted by Gasteiger charge is -2.50. The Hall–Kier alpha value is -2.85. The molecular formula is C29H34F2N4O3. The van der Waals surface area contributed by atoms with Crippen molar-refractivity contribution in [2.75, 3.05) is 46.5 Å². The summed E-state index contributed by atoms with van der Waals surface area (Å²) in [6, 6.07) is 11.5. The Morgan fingerprint density at radius 3 is 2.68 bits per heavy atom. The van der Waals surface area contributed by atoms with Crippen molar-refractivity contribution in [2.24, 2.45) is 0 Å². The first-order chi connectivity index (χ1) is 18.5. The van der Waals surface area contributed by atoms with Gasteiger partial charge in [-0.1, -0.05) is 24.3 Å². The zero-order chi connectivity index (χ0) is 26.2. The summed E-state index contributed by atoms with van der Waals surface area (Å²) in [6.45, 7) is 5.13. The molecule has 2 N–H and O–H groups in total. The number of morpholine rings is 1. The second-order valence-corrected chi connectivity index (χ2v) is 10.5. The highest BCUT2D eigenvalue weighted by molar-refractivity contribution is 5.87. The minimum absolute atomic E-state index is 0.108. The van der Waals surface area contributed by atoms with Crippen molar-refractivity contribution in [3.05, 3.63) is 70.9 Å². The molecule has 0 bridgehead atoms. The van der Waals surface area contributed by atoms with Crippen LogP contribution in [-0.4, -0.2) is 79.3 Å². The lowest BCUT2D eigenvalue weighted by Crippen LogP contribution is -2.56. The number of piperidine rings is 1. The Kier molecular flexibility index (Phi) is 7.18. The number of carbonyl (C=O) groups is 1. The molecule has 4 atom stereocenters. The number of H-pyrrole nitrogens is 1. The third-order valence-corrected chi connectivity index (χ3v) is 8.44.